The first kappa shape index (κ1) is 15.8. The molecule has 1 heterocycles. The fraction of sp³-hybridized carbons (Fsp3) is 0.571. The second-order valence-electron chi connectivity index (χ2n) is 4.63. The lowest BCUT2D eigenvalue weighted by atomic mass is 10.0. The Labute approximate surface area is 120 Å². The molecule has 0 aliphatic carbocycles. The Morgan fingerprint density at radius 2 is 2.05 bits per heavy atom. The smallest absolute Gasteiger partial charge is 0.257 e. The highest BCUT2D eigenvalue weighted by molar-refractivity contribution is 6.32. The van der Waals surface area contributed by atoms with E-state index in [4.69, 9.17) is 17.3 Å². The van der Waals surface area contributed by atoms with Crippen molar-refractivity contribution in [1.82, 2.24) is 9.88 Å². The Bertz CT molecular complexity index is 433. The molecule has 0 aromatic carbocycles. The largest absolute Gasteiger partial charge is 0.397 e. The van der Waals surface area contributed by atoms with Crippen LogP contribution in [0.1, 0.15) is 44.0 Å². The van der Waals surface area contributed by atoms with Gasteiger partial charge in [-0.3, -0.25) is 4.79 Å². The maximum Gasteiger partial charge on any atom is 0.257 e. The van der Waals surface area contributed by atoms with Gasteiger partial charge in [-0.1, -0.05) is 38.3 Å². The van der Waals surface area contributed by atoms with Crippen LogP contribution in [0.4, 0.5) is 5.69 Å². The number of hydrogen-bond acceptors (Lipinski definition) is 3. The van der Waals surface area contributed by atoms with E-state index in [1.165, 1.54) is 6.20 Å². The summed E-state index contributed by atoms with van der Waals surface area (Å²) >= 11 is 5.98. The lowest BCUT2D eigenvalue weighted by molar-refractivity contribution is 0.0735. The SMILES string of the molecule is CCC(CC)CN(CC)C(=O)c1cc(N)cnc1Cl. The van der Waals surface area contributed by atoms with E-state index >= 15 is 0 Å². The molecule has 0 saturated carbocycles. The minimum Gasteiger partial charge on any atom is -0.397 e. The Balaban J connectivity index is 2.92. The molecular weight excluding hydrogens is 262 g/mol. The van der Waals surface area contributed by atoms with Crippen molar-refractivity contribution in [3.8, 4) is 0 Å². The number of halogens is 1. The van der Waals surface area contributed by atoms with Gasteiger partial charge in [0.1, 0.15) is 5.15 Å². The predicted octanol–water partition coefficient (Wildman–Crippen LogP) is 3.22. The van der Waals surface area contributed by atoms with E-state index in [9.17, 15) is 4.79 Å². The summed E-state index contributed by atoms with van der Waals surface area (Å²) in [6.07, 6.45) is 3.57. The number of pyridine rings is 1. The Hall–Kier alpha value is -1.29. The molecule has 1 aromatic heterocycles. The van der Waals surface area contributed by atoms with Gasteiger partial charge in [0.2, 0.25) is 0 Å². The predicted molar refractivity (Wildman–Crippen MR) is 79.3 cm³/mol. The molecule has 5 heteroatoms. The summed E-state index contributed by atoms with van der Waals surface area (Å²) in [6.45, 7) is 7.64. The van der Waals surface area contributed by atoms with Gasteiger partial charge in [0.15, 0.2) is 0 Å². The molecule has 0 bridgehead atoms. The number of aromatic nitrogens is 1. The van der Waals surface area contributed by atoms with E-state index in [1.807, 2.05) is 6.92 Å². The summed E-state index contributed by atoms with van der Waals surface area (Å²) in [4.78, 5) is 18.2. The van der Waals surface area contributed by atoms with Gasteiger partial charge >= 0.3 is 0 Å². The van der Waals surface area contributed by atoms with Crippen LogP contribution in [0.15, 0.2) is 12.3 Å². The molecule has 0 unspecified atom stereocenters. The molecule has 1 aromatic rings. The maximum atomic E-state index is 12.5. The van der Waals surface area contributed by atoms with E-state index in [2.05, 4.69) is 18.8 Å². The third-order valence-corrected chi connectivity index (χ3v) is 3.69. The summed E-state index contributed by atoms with van der Waals surface area (Å²) in [5.74, 6) is 0.413. The van der Waals surface area contributed by atoms with Crippen molar-refractivity contribution in [2.24, 2.45) is 5.92 Å². The molecule has 1 amide bonds. The lowest BCUT2D eigenvalue weighted by Crippen LogP contribution is -2.35. The molecule has 4 nitrogen and oxygen atoms in total. The maximum absolute atomic E-state index is 12.5. The van der Waals surface area contributed by atoms with Crippen LogP contribution in [0.3, 0.4) is 0 Å². The van der Waals surface area contributed by atoms with Crippen molar-refractivity contribution in [2.45, 2.75) is 33.6 Å². The molecule has 2 N–H and O–H groups in total. The van der Waals surface area contributed by atoms with Gasteiger partial charge in [-0.25, -0.2) is 4.98 Å². The summed E-state index contributed by atoms with van der Waals surface area (Å²) in [6, 6.07) is 1.59. The van der Waals surface area contributed by atoms with Crippen LogP contribution < -0.4 is 5.73 Å². The van der Waals surface area contributed by atoms with Gasteiger partial charge in [0, 0.05) is 13.1 Å². The lowest BCUT2D eigenvalue weighted by Gasteiger charge is -2.25. The number of nitrogens with two attached hydrogens (primary N) is 1. The van der Waals surface area contributed by atoms with Gasteiger partial charge in [-0.05, 0) is 18.9 Å². The van der Waals surface area contributed by atoms with E-state index < -0.39 is 0 Å². The van der Waals surface area contributed by atoms with Gasteiger partial charge in [-0.15, -0.1) is 0 Å². The molecule has 0 fully saturated rings. The molecule has 0 aliphatic heterocycles. The molecule has 0 saturated heterocycles. The summed E-state index contributed by atoms with van der Waals surface area (Å²) in [7, 11) is 0. The normalized spacial score (nSPS) is 10.8. The van der Waals surface area contributed by atoms with Crippen LogP contribution in [-0.2, 0) is 0 Å². The first-order valence-electron chi connectivity index (χ1n) is 6.73. The fourth-order valence-corrected chi connectivity index (χ4v) is 2.18. The number of nitrogens with zero attached hydrogens (tertiary/aromatic N) is 2. The number of nitrogen functional groups attached to an aromatic ring is 1. The average Bonchev–Trinajstić information content (AvgIpc) is 2.42. The van der Waals surface area contributed by atoms with Crippen LogP contribution in [-0.4, -0.2) is 28.9 Å². The quantitative estimate of drug-likeness (QED) is 0.816. The van der Waals surface area contributed by atoms with Crippen molar-refractivity contribution >= 4 is 23.2 Å². The van der Waals surface area contributed by atoms with Crippen molar-refractivity contribution in [3.05, 3.63) is 23.0 Å². The van der Waals surface area contributed by atoms with E-state index in [0.29, 0.717) is 23.7 Å². The molecule has 1 rings (SSSR count). The highest BCUT2D eigenvalue weighted by atomic mass is 35.5. The topological polar surface area (TPSA) is 59.2 Å². The highest BCUT2D eigenvalue weighted by Crippen LogP contribution is 2.19. The second-order valence-corrected chi connectivity index (χ2v) is 4.99. The van der Waals surface area contributed by atoms with Crippen LogP contribution in [0.2, 0.25) is 5.15 Å². The van der Waals surface area contributed by atoms with E-state index in [-0.39, 0.29) is 11.1 Å². The van der Waals surface area contributed by atoms with Crippen LogP contribution in [0, 0.1) is 5.92 Å². The van der Waals surface area contributed by atoms with E-state index in [0.717, 1.165) is 19.4 Å². The van der Waals surface area contributed by atoms with Gasteiger partial charge in [0.25, 0.3) is 5.91 Å². The van der Waals surface area contributed by atoms with Crippen molar-refractivity contribution in [2.75, 3.05) is 18.8 Å². The summed E-state index contributed by atoms with van der Waals surface area (Å²) in [5.41, 5.74) is 6.50. The average molecular weight is 284 g/mol. The minimum absolute atomic E-state index is 0.0980. The molecule has 0 spiro atoms. The van der Waals surface area contributed by atoms with Gasteiger partial charge < -0.3 is 10.6 Å². The number of rotatable bonds is 6. The number of anilines is 1. The second kappa shape index (κ2) is 7.34. The Morgan fingerprint density at radius 3 is 2.58 bits per heavy atom. The number of amides is 1. The zero-order valence-electron chi connectivity index (χ0n) is 11.8. The molecule has 0 aliphatic rings. The first-order chi connectivity index (χ1) is 9.03. The van der Waals surface area contributed by atoms with Crippen LogP contribution >= 0.6 is 11.6 Å². The number of carbonyl (C=O) groups is 1. The third-order valence-electron chi connectivity index (χ3n) is 3.39. The third kappa shape index (κ3) is 4.10. The van der Waals surface area contributed by atoms with Crippen molar-refractivity contribution in [1.29, 1.82) is 0 Å². The fourth-order valence-electron chi connectivity index (χ4n) is 2.00. The van der Waals surface area contributed by atoms with Gasteiger partial charge in [-0.2, -0.15) is 0 Å². The molecular formula is C14H22ClN3O. The zero-order valence-corrected chi connectivity index (χ0v) is 12.6. The molecule has 106 valence electrons. The zero-order chi connectivity index (χ0) is 14.4. The number of hydrogen-bond donors (Lipinski definition) is 1. The monoisotopic (exact) mass is 283 g/mol. The minimum atomic E-state index is -0.0980. The molecule has 19 heavy (non-hydrogen) atoms. The van der Waals surface area contributed by atoms with Gasteiger partial charge in [0.05, 0.1) is 17.4 Å². The van der Waals surface area contributed by atoms with Crippen LogP contribution in [0.5, 0.6) is 0 Å². The van der Waals surface area contributed by atoms with Crippen molar-refractivity contribution < 1.29 is 4.79 Å². The highest BCUT2D eigenvalue weighted by Gasteiger charge is 2.20. The number of carbonyl (C=O) groups excluding carboxylic acids is 1. The molecule has 0 atom stereocenters. The molecule has 0 radical (unpaired) electrons. The van der Waals surface area contributed by atoms with Crippen molar-refractivity contribution in [3.63, 3.8) is 0 Å². The summed E-state index contributed by atoms with van der Waals surface area (Å²) < 4.78 is 0. The first-order valence-corrected chi connectivity index (χ1v) is 7.11. The van der Waals surface area contributed by atoms with E-state index in [1.54, 1.807) is 11.0 Å². The standard InChI is InChI=1S/C14H22ClN3O/c1-4-10(5-2)9-18(6-3)14(19)12-7-11(16)8-17-13(12)15/h7-8,10H,4-6,9,16H2,1-3H3. The Morgan fingerprint density at radius 1 is 1.42 bits per heavy atom. The Kier molecular flexibility index (Phi) is 6.09. The summed E-state index contributed by atoms with van der Waals surface area (Å²) in [5, 5.41) is 0.210. The van der Waals surface area contributed by atoms with Crippen LogP contribution in [0.25, 0.3) is 0 Å².